The maximum absolute atomic E-state index is 12.1. The Kier molecular flexibility index (Phi) is 3.50. The van der Waals surface area contributed by atoms with E-state index in [1.165, 1.54) is 12.1 Å². The molecule has 0 aliphatic carbocycles. The Morgan fingerprint density at radius 3 is 3.06 bits per heavy atom. The Morgan fingerprint density at radius 2 is 2.41 bits per heavy atom. The number of carbonyl (C=O) groups excluding carboxylic acids is 1. The summed E-state index contributed by atoms with van der Waals surface area (Å²) in [7, 11) is 0. The number of aliphatic hydroxyl groups is 1. The quantitative estimate of drug-likeness (QED) is 0.677. The van der Waals surface area contributed by atoms with E-state index in [0.717, 1.165) is 0 Å². The van der Waals surface area contributed by atoms with Crippen LogP contribution in [0.2, 0.25) is 0 Å². The Hall–Kier alpha value is -1.73. The summed E-state index contributed by atoms with van der Waals surface area (Å²) in [6, 6.07) is 2.72. The van der Waals surface area contributed by atoms with Crippen molar-refractivity contribution in [1.82, 2.24) is 15.1 Å². The topological polar surface area (TPSA) is 102 Å². The fourth-order valence-corrected chi connectivity index (χ4v) is 1.68. The molecule has 92 valence electrons. The molecule has 1 saturated heterocycles. The summed E-state index contributed by atoms with van der Waals surface area (Å²) < 4.78 is 5.20. The molecule has 1 fully saturated rings. The maximum Gasteiger partial charge on any atom is 0.274 e. The number of anilines is 1. The smallest absolute Gasteiger partial charge is 0.274 e. The molecule has 1 aliphatic rings. The van der Waals surface area contributed by atoms with Crippen LogP contribution in [-0.2, 0) is 4.74 Å². The highest BCUT2D eigenvalue weighted by Crippen LogP contribution is 2.11. The zero-order valence-electron chi connectivity index (χ0n) is 9.24. The van der Waals surface area contributed by atoms with Crippen molar-refractivity contribution in [3.8, 4) is 0 Å². The first kappa shape index (κ1) is 11.7. The van der Waals surface area contributed by atoms with Crippen molar-refractivity contribution in [1.29, 1.82) is 0 Å². The number of aromatic nitrogens is 2. The zero-order chi connectivity index (χ0) is 12.3. The van der Waals surface area contributed by atoms with Gasteiger partial charge in [0, 0.05) is 6.54 Å². The zero-order valence-corrected chi connectivity index (χ0v) is 9.24. The number of morpholine rings is 1. The molecule has 2 rings (SSSR count). The molecule has 7 heteroatoms. The summed E-state index contributed by atoms with van der Waals surface area (Å²) in [4.78, 5) is 13.6. The molecule has 7 nitrogen and oxygen atoms in total. The summed E-state index contributed by atoms with van der Waals surface area (Å²) in [5.41, 5.74) is 5.62. The minimum atomic E-state index is -0.324. The van der Waals surface area contributed by atoms with Gasteiger partial charge in [-0.2, -0.15) is 0 Å². The van der Waals surface area contributed by atoms with Crippen LogP contribution >= 0.6 is 0 Å². The number of nitrogens with two attached hydrogens (primary N) is 1. The van der Waals surface area contributed by atoms with E-state index in [1.807, 2.05) is 0 Å². The molecular weight excluding hydrogens is 224 g/mol. The van der Waals surface area contributed by atoms with Gasteiger partial charge in [0.25, 0.3) is 5.91 Å². The van der Waals surface area contributed by atoms with Crippen LogP contribution < -0.4 is 5.73 Å². The van der Waals surface area contributed by atoms with E-state index in [4.69, 9.17) is 10.5 Å². The van der Waals surface area contributed by atoms with Crippen LogP contribution in [0.4, 0.5) is 5.82 Å². The van der Waals surface area contributed by atoms with E-state index in [1.54, 1.807) is 4.90 Å². The van der Waals surface area contributed by atoms with Gasteiger partial charge in [-0.15, -0.1) is 10.2 Å². The van der Waals surface area contributed by atoms with Crippen LogP contribution in [0.3, 0.4) is 0 Å². The maximum atomic E-state index is 12.1. The van der Waals surface area contributed by atoms with Gasteiger partial charge in [0.1, 0.15) is 5.82 Å². The standard InChI is InChI=1S/C10H14N4O3/c11-9-2-1-8(12-13-9)10(16)14-3-4-17-6-7(14)5-15/h1-2,7,15H,3-6H2,(H2,11,13). The highest BCUT2D eigenvalue weighted by molar-refractivity contribution is 5.92. The number of hydrogen-bond donors (Lipinski definition) is 2. The summed E-state index contributed by atoms with van der Waals surface area (Å²) in [5.74, 6) is 0.00193. The number of nitrogen functional groups attached to an aromatic ring is 1. The van der Waals surface area contributed by atoms with Gasteiger partial charge in [-0.05, 0) is 12.1 Å². The highest BCUT2D eigenvalue weighted by Gasteiger charge is 2.28. The number of rotatable bonds is 2. The highest BCUT2D eigenvalue weighted by atomic mass is 16.5. The van der Waals surface area contributed by atoms with Crippen molar-refractivity contribution in [2.75, 3.05) is 32.1 Å². The first-order chi connectivity index (χ1) is 8.22. The second-order valence-corrected chi connectivity index (χ2v) is 3.75. The van der Waals surface area contributed by atoms with Crippen molar-refractivity contribution in [2.45, 2.75) is 6.04 Å². The summed E-state index contributed by atoms with van der Waals surface area (Å²) in [6.45, 7) is 1.11. The Bertz CT molecular complexity index is 395. The minimum Gasteiger partial charge on any atom is -0.394 e. The third kappa shape index (κ3) is 2.51. The average Bonchev–Trinajstić information content (AvgIpc) is 2.39. The molecule has 1 amide bonds. The Morgan fingerprint density at radius 1 is 1.59 bits per heavy atom. The Balaban J connectivity index is 2.15. The lowest BCUT2D eigenvalue weighted by molar-refractivity contribution is -0.0187. The lowest BCUT2D eigenvalue weighted by Crippen LogP contribution is -2.50. The van der Waals surface area contributed by atoms with Crippen molar-refractivity contribution < 1.29 is 14.6 Å². The number of amides is 1. The fraction of sp³-hybridized carbons (Fsp3) is 0.500. The van der Waals surface area contributed by atoms with E-state index < -0.39 is 0 Å². The van der Waals surface area contributed by atoms with Crippen LogP contribution in [0, 0.1) is 0 Å². The number of nitrogens with zero attached hydrogens (tertiary/aromatic N) is 3. The molecule has 1 aromatic heterocycles. The van der Waals surface area contributed by atoms with Crippen LogP contribution in [0.25, 0.3) is 0 Å². The summed E-state index contributed by atoms with van der Waals surface area (Å²) >= 11 is 0. The molecule has 1 unspecified atom stereocenters. The third-order valence-corrected chi connectivity index (χ3v) is 2.60. The second-order valence-electron chi connectivity index (χ2n) is 3.75. The number of ether oxygens (including phenoxy) is 1. The molecule has 0 spiro atoms. The normalized spacial score (nSPS) is 20.3. The number of hydrogen-bond acceptors (Lipinski definition) is 6. The van der Waals surface area contributed by atoms with Crippen LogP contribution in [-0.4, -0.2) is 58.5 Å². The van der Waals surface area contributed by atoms with E-state index in [-0.39, 0.29) is 30.1 Å². The van der Waals surface area contributed by atoms with Crippen molar-refractivity contribution in [3.63, 3.8) is 0 Å². The van der Waals surface area contributed by atoms with Crippen LogP contribution in [0.1, 0.15) is 10.5 Å². The molecule has 0 bridgehead atoms. The molecule has 1 aliphatic heterocycles. The second kappa shape index (κ2) is 5.07. The monoisotopic (exact) mass is 238 g/mol. The van der Waals surface area contributed by atoms with Crippen molar-refractivity contribution >= 4 is 11.7 Å². The van der Waals surface area contributed by atoms with Gasteiger partial charge in [0.2, 0.25) is 0 Å². The fourth-order valence-electron chi connectivity index (χ4n) is 1.68. The van der Waals surface area contributed by atoms with E-state index in [0.29, 0.717) is 19.8 Å². The Labute approximate surface area is 98.2 Å². The molecule has 1 atom stereocenters. The third-order valence-electron chi connectivity index (χ3n) is 2.60. The van der Waals surface area contributed by atoms with Gasteiger partial charge in [-0.3, -0.25) is 4.79 Å². The van der Waals surface area contributed by atoms with Gasteiger partial charge in [0.15, 0.2) is 5.69 Å². The lowest BCUT2D eigenvalue weighted by Gasteiger charge is -2.34. The molecule has 2 heterocycles. The largest absolute Gasteiger partial charge is 0.394 e. The van der Waals surface area contributed by atoms with Gasteiger partial charge in [-0.1, -0.05) is 0 Å². The molecule has 0 radical (unpaired) electrons. The van der Waals surface area contributed by atoms with E-state index >= 15 is 0 Å². The lowest BCUT2D eigenvalue weighted by atomic mass is 10.2. The number of carbonyl (C=O) groups is 1. The van der Waals surface area contributed by atoms with Gasteiger partial charge >= 0.3 is 0 Å². The minimum absolute atomic E-state index is 0.131. The van der Waals surface area contributed by atoms with Gasteiger partial charge < -0.3 is 20.5 Å². The van der Waals surface area contributed by atoms with E-state index in [2.05, 4.69) is 10.2 Å². The average molecular weight is 238 g/mol. The predicted molar refractivity (Wildman–Crippen MR) is 59.2 cm³/mol. The molecule has 1 aromatic rings. The van der Waals surface area contributed by atoms with Crippen molar-refractivity contribution in [2.24, 2.45) is 0 Å². The van der Waals surface area contributed by atoms with Crippen LogP contribution in [0.15, 0.2) is 12.1 Å². The molecule has 0 aromatic carbocycles. The summed E-state index contributed by atoms with van der Waals surface area (Å²) in [5, 5.41) is 16.5. The molecule has 17 heavy (non-hydrogen) atoms. The SMILES string of the molecule is Nc1ccc(C(=O)N2CCOCC2CO)nn1. The number of aliphatic hydroxyl groups excluding tert-OH is 1. The van der Waals surface area contributed by atoms with Gasteiger partial charge in [0.05, 0.1) is 25.9 Å². The summed E-state index contributed by atoms with van der Waals surface area (Å²) in [6.07, 6.45) is 0. The van der Waals surface area contributed by atoms with E-state index in [9.17, 15) is 9.90 Å². The van der Waals surface area contributed by atoms with Gasteiger partial charge in [-0.25, -0.2) is 0 Å². The molecular formula is C10H14N4O3. The van der Waals surface area contributed by atoms with Crippen molar-refractivity contribution in [3.05, 3.63) is 17.8 Å². The molecule has 3 N–H and O–H groups in total. The molecule has 0 saturated carbocycles. The van der Waals surface area contributed by atoms with Crippen LogP contribution in [0.5, 0.6) is 0 Å². The first-order valence-corrected chi connectivity index (χ1v) is 5.31. The first-order valence-electron chi connectivity index (χ1n) is 5.31. The predicted octanol–water partition coefficient (Wildman–Crippen LogP) is -1.11.